The summed E-state index contributed by atoms with van der Waals surface area (Å²) in [5.41, 5.74) is 2.94. The Balaban J connectivity index is 1.59. The minimum Gasteiger partial charge on any atom is -0.378 e. The van der Waals surface area contributed by atoms with Crippen LogP contribution < -0.4 is 9.80 Å². The summed E-state index contributed by atoms with van der Waals surface area (Å²) in [6.45, 7) is 2.40. The van der Waals surface area contributed by atoms with Crippen molar-refractivity contribution in [2.24, 2.45) is 0 Å². The molecule has 3 aromatic rings. The van der Waals surface area contributed by atoms with Crippen LogP contribution in [0.4, 0.5) is 24.5 Å². The highest BCUT2D eigenvalue weighted by molar-refractivity contribution is 6.32. The van der Waals surface area contributed by atoms with Gasteiger partial charge in [0.15, 0.2) is 0 Å². The molecule has 4 rings (SSSR count). The van der Waals surface area contributed by atoms with Crippen LogP contribution >= 0.6 is 11.6 Å². The number of anilines is 2. The van der Waals surface area contributed by atoms with E-state index in [1.54, 1.807) is 24.3 Å². The van der Waals surface area contributed by atoms with Gasteiger partial charge in [0.25, 0.3) is 0 Å². The highest BCUT2D eigenvalue weighted by Crippen LogP contribution is 2.35. The van der Waals surface area contributed by atoms with Gasteiger partial charge in [-0.25, -0.2) is 0 Å². The standard InChI is InChI=1S/C28H28ClF3N4/c1-34(2)23-10-7-20(8-11-23)17-35-14-13-25(19-35)36(24-12-9-21(16-33)27(29)15-24)18-22-5-3-4-6-26(22)28(30,31)32/h3-12,15,25H,13-14,17-19H2,1-2H3. The minimum atomic E-state index is -4.44. The fourth-order valence-electron chi connectivity index (χ4n) is 4.69. The van der Waals surface area contributed by atoms with Crippen molar-refractivity contribution >= 4 is 23.0 Å². The van der Waals surface area contributed by atoms with Crippen LogP contribution in [0.3, 0.4) is 0 Å². The van der Waals surface area contributed by atoms with Gasteiger partial charge in [0, 0.05) is 57.7 Å². The normalized spacial score (nSPS) is 16.1. The molecule has 0 aliphatic carbocycles. The second-order valence-electron chi connectivity index (χ2n) is 9.30. The Morgan fingerprint density at radius 2 is 1.72 bits per heavy atom. The van der Waals surface area contributed by atoms with Gasteiger partial charge in [-0.2, -0.15) is 18.4 Å². The number of benzene rings is 3. The Kier molecular flexibility index (Phi) is 7.77. The average molecular weight is 513 g/mol. The van der Waals surface area contributed by atoms with Crippen LogP contribution in [0.5, 0.6) is 0 Å². The molecule has 0 radical (unpaired) electrons. The second kappa shape index (κ2) is 10.8. The maximum absolute atomic E-state index is 13.7. The number of rotatable bonds is 7. The predicted octanol–water partition coefficient (Wildman–Crippen LogP) is 6.58. The van der Waals surface area contributed by atoms with Crippen molar-refractivity contribution in [3.05, 3.63) is 94.0 Å². The zero-order chi connectivity index (χ0) is 25.9. The molecule has 1 saturated heterocycles. The molecule has 1 fully saturated rings. The maximum atomic E-state index is 13.7. The first-order valence-corrected chi connectivity index (χ1v) is 12.1. The number of likely N-dealkylation sites (tertiary alicyclic amines) is 1. The van der Waals surface area contributed by atoms with Crippen LogP contribution in [0.1, 0.15) is 28.7 Å². The van der Waals surface area contributed by atoms with E-state index in [2.05, 4.69) is 34.1 Å². The lowest BCUT2D eigenvalue weighted by Gasteiger charge is -2.32. The molecule has 0 amide bonds. The van der Waals surface area contributed by atoms with E-state index in [0.717, 1.165) is 31.3 Å². The molecule has 0 spiro atoms. The molecule has 1 aliphatic heterocycles. The van der Waals surface area contributed by atoms with Crippen LogP contribution in [-0.4, -0.2) is 38.1 Å². The Morgan fingerprint density at radius 3 is 2.36 bits per heavy atom. The van der Waals surface area contributed by atoms with Crippen molar-refractivity contribution in [3.63, 3.8) is 0 Å². The van der Waals surface area contributed by atoms with E-state index in [4.69, 9.17) is 11.6 Å². The van der Waals surface area contributed by atoms with E-state index in [1.165, 1.54) is 17.7 Å². The highest BCUT2D eigenvalue weighted by Gasteiger charge is 2.35. The van der Waals surface area contributed by atoms with E-state index in [1.807, 2.05) is 25.1 Å². The van der Waals surface area contributed by atoms with Gasteiger partial charge in [0.2, 0.25) is 0 Å². The highest BCUT2D eigenvalue weighted by atomic mass is 35.5. The first-order valence-electron chi connectivity index (χ1n) is 11.8. The summed E-state index contributed by atoms with van der Waals surface area (Å²) >= 11 is 6.32. The molecular formula is C28H28ClF3N4. The van der Waals surface area contributed by atoms with Crippen molar-refractivity contribution in [3.8, 4) is 6.07 Å². The number of hydrogen-bond acceptors (Lipinski definition) is 4. The zero-order valence-electron chi connectivity index (χ0n) is 20.3. The number of nitrogens with zero attached hydrogens (tertiary/aromatic N) is 4. The molecule has 1 heterocycles. The SMILES string of the molecule is CN(C)c1ccc(CN2CCC(N(Cc3ccccc3C(F)(F)F)c3ccc(C#N)c(Cl)c3)C2)cc1. The number of nitriles is 1. The lowest BCUT2D eigenvalue weighted by atomic mass is 10.0. The molecular weight excluding hydrogens is 485 g/mol. The summed E-state index contributed by atoms with van der Waals surface area (Å²) in [6, 6.07) is 21.2. The molecule has 1 atom stereocenters. The largest absolute Gasteiger partial charge is 0.416 e. The second-order valence-corrected chi connectivity index (χ2v) is 9.70. The van der Waals surface area contributed by atoms with Gasteiger partial charge >= 0.3 is 6.18 Å². The molecule has 0 N–H and O–H groups in total. The quantitative estimate of drug-likeness (QED) is 0.358. The number of halogens is 4. The third kappa shape index (κ3) is 5.95. The van der Waals surface area contributed by atoms with E-state index in [-0.39, 0.29) is 18.2 Å². The van der Waals surface area contributed by atoms with Gasteiger partial charge in [-0.15, -0.1) is 0 Å². The number of alkyl halides is 3. The molecule has 1 unspecified atom stereocenters. The fraction of sp³-hybridized carbons (Fsp3) is 0.321. The molecule has 4 nitrogen and oxygen atoms in total. The van der Waals surface area contributed by atoms with Gasteiger partial charge in [0.05, 0.1) is 16.1 Å². The molecule has 3 aromatic carbocycles. The molecule has 8 heteroatoms. The number of hydrogen-bond donors (Lipinski definition) is 0. The third-order valence-electron chi connectivity index (χ3n) is 6.62. The van der Waals surface area contributed by atoms with Crippen molar-refractivity contribution in [1.29, 1.82) is 5.26 Å². The lowest BCUT2D eigenvalue weighted by Crippen LogP contribution is -2.37. The third-order valence-corrected chi connectivity index (χ3v) is 6.93. The van der Waals surface area contributed by atoms with Crippen LogP contribution in [-0.2, 0) is 19.3 Å². The minimum absolute atomic E-state index is 0.00339. The van der Waals surface area contributed by atoms with Crippen molar-refractivity contribution < 1.29 is 13.2 Å². The Morgan fingerprint density at radius 1 is 1.03 bits per heavy atom. The van der Waals surface area contributed by atoms with E-state index in [9.17, 15) is 18.4 Å². The summed E-state index contributed by atoms with van der Waals surface area (Å²) in [7, 11) is 4.00. The fourth-order valence-corrected chi connectivity index (χ4v) is 4.91. The van der Waals surface area contributed by atoms with Crippen LogP contribution in [0.25, 0.3) is 0 Å². The summed E-state index contributed by atoms with van der Waals surface area (Å²) in [5, 5.41) is 9.55. The van der Waals surface area contributed by atoms with Crippen molar-refractivity contribution in [2.45, 2.75) is 31.7 Å². The summed E-state index contributed by atoms with van der Waals surface area (Å²) in [4.78, 5) is 6.37. The molecule has 0 bridgehead atoms. The van der Waals surface area contributed by atoms with Crippen molar-refractivity contribution in [1.82, 2.24) is 4.90 Å². The van der Waals surface area contributed by atoms with Crippen LogP contribution in [0, 0.1) is 11.3 Å². The molecule has 36 heavy (non-hydrogen) atoms. The van der Waals surface area contributed by atoms with E-state index < -0.39 is 11.7 Å². The Hall–Kier alpha value is -3.21. The Labute approximate surface area is 215 Å². The van der Waals surface area contributed by atoms with E-state index in [0.29, 0.717) is 22.8 Å². The van der Waals surface area contributed by atoms with Gasteiger partial charge in [-0.05, 0) is 53.9 Å². The topological polar surface area (TPSA) is 33.5 Å². The van der Waals surface area contributed by atoms with Crippen LogP contribution in [0.2, 0.25) is 5.02 Å². The Bertz CT molecular complexity index is 1230. The summed E-state index contributed by atoms with van der Waals surface area (Å²) in [6.07, 6.45) is -3.63. The first-order chi connectivity index (χ1) is 17.2. The monoisotopic (exact) mass is 512 g/mol. The van der Waals surface area contributed by atoms with Gasteiger partial charge in [0.1, 0.15) is 6.07 Å². The smallest absolute Gasteiger partial charge is 0.378 e. The molecule has 188 valence electrons. The summed E-state index contributed by atoms with van der Waals surface area (Å²) in [5.74, 6) is 0. The van der Waals surface area contributed by atoms with E-state index >= 15 is 0 Å². The maximum Gasteiger partial charge on any atom is 0.416 e. The average Bonchev–Trinajstić information content (AvgIpc) is 3.30. The molecule has 0 saturated carbocycles. The van der Waals surface area contributed by atoms with Gasteiger partial charge < -0.3 is 9.80 Å². The summed E-state index contributed by atoms with van der Waals surface area (Å²) < 4.78 is 41.2. The van der Waals surface area contributed by atoms with Gasteiger partial charge in [-0.1, -0.05) is 41.9 Å². The zero-order valence-corrected chi connectivity index (χ0v) is 21.0. The first kappa shape index (κ1) is 25.9. The lowest BCUT2D eigenvalue weighted by molar-refractivity contribution is -0.138. The van der Waals surface area contributed by atoms with Crippen molar-refractivity contribution in [2.75, 3.05) is 37.0 Å². The molecule has 1 aliphatic rings. The van der Waals surface area contributed by atoms with Gasteiger partial charge in [-0.3, -0.25) is 4.90 Å². The predicted molar refractivity (Wildman–Crippen MR) is 138 cm³/mol. The van der Waals surface area contributed by atoms with Crippen LogP contribution in [0.15, 0.2) is 66.7 Å². The molecule has 0 aromatic heterocycles.